The van der Waals surface area contributed by atoms with Crippen molar-refractivity contribution in [1.29, 1.82) is 0 Å². The van der Waals surface area contributed by atoms with Crippen molar-refractivity contribution in [2.45, 2.75) is 13.8 Å². The quantitative estimate of drug-likeness (QED) is 0.593. The highest BCUT2D eigenvalue weighted by atomic mass is 32.2. The topological polar surface area (TPSA) is 119 Å². The summed E-state index contributed by atoms with van der Waals surface area (Å²) in [4.78, 5) is 18.3. The van der Waals surface area contributed by atoms with E-state index in [2.05, 4.69) is 20.0 Å². The van der Waals surface area contributed by atoms with Gasteiger partial charge in [-0.05, 0) is 38.1 Å². The van der Waals surface area contributed by atoms with Crippen molar-refractivity contribution < 1.29 is 26.7 Å². The third kappa shape index (κ3) is 4.82. The van der Waals surface area contributed by atoms with Crippen molar-refractivity contribution in [3.05, 3.63) is 47.7 Å². The molecule has 1 N–H and O–H groups in total. The average molecular weight is 466 g/mol. The van der Waals surface area contributed by atoms with Gasteiger partial charge in [0.1, 0.15) is 0 Å². The molecule has 3 rings (SSSR count). The Morgan fingerprint density at radius 3 is 2.59 bits per heavy atom. The molecule has 0 aliphatic carbocycles. The molecular weight excluding hydrogens is 446 g/mol. The van der Waals surface area contributed by atoms with E-state index in [4.69, 9.17) is 4.74 Å². The molecule has 0 radical (unpaired) electrons. The Bertz CT molecular complexity index is 1280. The van der Waals surface area contributed by atoms with Gasteiger partial charge in [0.05, 0.1) is 23.3 Å². The Labute approximate surface area is 182 Å². The zero-order valence-corrected chi connectivity index (χ0v) is 18.4. The number of ether oxygens (including phenoxy) is 1. The van der Waals surface area contributed by atoms with E-state index in [1.165, 1.54) is 29.9 Å². The Kier molecular flexibility index (Phi) is 6.39. The molecular formula is C19H20F2N6O4S. The van der Waals surface area contributed by atoms with E-state index in [9.17, 15) is 22.0 Å². The fraction of sp³-hybridized carbons (Fsp3) is 0.263. The molecule has 2 aromatic heterocycles. The number of carbonyl (C=O) groups excluding carboxylic acids is 1. The van der Waals surface area contributed by atoms with Crippen molar-refractivity contribution >= 4 is 27.6 Å². The van der Waals surface area contributed by atoms with E-state index in [1.807, 2.05) is 0 Å². The highest BCUT2D eigenvalue weighted by Crippen LogP contribution is 2.30. The predicted molar refractivity (Wildman–Crippen MR) is 113 cm³/mol. The summed E-state index contributed by atoms with van der Waals surface area (Å²) < 4.78 is 59.1. The largest absolute Gasteiger partial charge is 0.421 e. The van der Waals surface area contributed by atoms with Crippen molar-refractivity contribution in [2.75, 3.05) is 22.4 Å². The fourth-order valence-electron chi connectivity index (χ4n) is 2.90. The summed E-state index contributed by atoms with van der Waals surface area (Å²) >= 11 is 0. The van der Waals surface area contributed by atoms with Crippen molar-refractivity contribution in [3.8, 4) is 17.1 Å². The second-order valence-corrected chi connectivity index (χ2v) is 8.50. The number of anilines is 2. The zero-order chi connectivity index (χ0) is 23.6. The first-order valence-corrected chi connectivity index (χ1v) is 11.2. The van der Waals surface area contributed by atoms with Crippen molar-refractivity contribution in [3.63, 3.8) is 0 Å². The van der Waals surface area contributed by atoms with E-state index in [0.717, 1.165) is 23.3 Å². The lowest BCUT2D eigenvalue weighted by Gasteiger charge is -2.21. The smallest absolute Gasteiger partial charge is 0.407 e. The third-order valence-corrected chi connectivity index (χ3v) is 4.92. The molecule has 0 aliphatic heterocycles. The van der Waals surface area contributed by atoms with Gasteiger partial charge in [-0.2, -0.15) is 4.39 Å². The summed E-state index contributed by atoms with van der Waals surface area (Å²) in [6, 6.07) is 6.27. The minimum absolute atomic E-state index is 0.0939. The lowest BCUT2D eigenvalue weighted by atomic mass is 10.2. The van der Waals surface area contributed by atoms with E-state index in [1.54, 1.807) is 13.8 Å². The van der Waals surface area contributed by atoms with Crippen LogP contribution in [0.1, 0.15) is 12.6 Å². The maximum absolute atomic E-state index is 13.9. The van der Waals surface area contributed by atoms with Gasteiger partial charge in [-0.3, -0.25) is 9.62 Å². The lowest BCUT2D eigenvalue weighted by molar-refractivity contribution is 0.205. The predicted octanol–water partition coefficient (Wildman–Crippen LogP) is 2.86. The van der Waals surface area contributed by atoms with Gasteiger partial charge in [-0.25, -0.2) is 27.3 Å². The Hall–Kier alpha value is -3.61. The Morgan fingerprint density at radius 1 is 1.25 bits per heavy atom. The minimum Gasteiger partial charge on any atom is -0.407 e. The van der Waals surface area contributed by atoms with E-state index < -0.39 is 33.5 Å². The molecule has 0 spiro atoms. The first kappa shape index (κ1) is 23.1. The number of carbonyl (C=O) groups is 1. The minimum atomic E-state index is -3.50. The van der Waals surface area contributed by atoms with Crippen LogP contribution < -0.4 is 14.4 Å². The first-order valence-electron chi connectivity index (χ1n) is 9.30. The Balaban J connectivity index is 1.97. The summed E-state index contributed by atoms with van der Waals surface area (Å²) in [6.45, 7) is 3.35. The van der Waals surface area contributed by atoms with E-state index in [0.29, 0.717) is 11.4 Å². The van der Waals surface area contributed by atoms with Gasteiger partial charge in [-0.15, -0.1) is 5.10 Å². The van der Waals surface area contributed by atoms with Crippen LogP contribution in [0, 0.1) is 18.6 Å². The number of sulfonamides is 1. The average Bonchev–Trinajstić information content (AvgIpc) is 3.08. The molecule has 1 amide bonds. The number of rotatable bonds is 6. The van der Waals surface area contributed by atoms with Gasteiger partial charge < -0.3 is 4.74 Å². The highest BCUT2D eigenvalue weighted by molar-refractivity contribution is 7.92. The van der Waals surface area contributed by atoms with Crippen molar-refractivity contribution in [2.24, 2.45) is 7.05 Å². The SMILES string of the molecule is CCN(C(=O)Oc1cccc(F)c1F)c1c(-c2ccc(NS(C)(=O)=O)c(C)n2)nnn1C. The summed E-state index contributed by atoms with van der Waals surface area (Å²) in [5, 5.41) is 7.98. The van der Waals surface area contributed by atoms with Crippen LogP contribution in [0.5, 0.6) is 5.75 Å². The van der Waals surface area contributed by atoms with Gasteiger partial charge in [0.15, 0.2) is 23.1 Å². The maximum atomic E-state index is 13.9. The number of halogens is 2. The molecule has 1 aromatic carbocycles. The van der Waals surface area contributed by atoms with Crippen LogP contribution in [0.4, 0.5) is 25.1 Å². The normalized spacial score (nSPS) is 11.3. The van der Waals surface area contributed by atoms with Crippen LogP contribution in [-0.4, -0.2) is 47.3 Å². The van der Waals surface area contributed by atoms with Crippen molar-refractivity contribution in [1.82, 2.24) is 20.0 Å². The highest BCUT2D eigenvalue weighted by Gasteiger charge is 2.27. The number of amides is 1. The third-order valence-electron chi connectivity index (χ3n) is 4.33. The molecule has 3 aromatic rings. The molecule has 10 nitrogen and oxygen atoms in total. The van der Waals surface area contributed by atoms with Crippen LogP contribution in [0.2, 0.25) is 0 Å². The molecule has 13 heteroatoms. The molecule has 0 saturated carbocycles. The summed E-state index contributed by atoms with van der Waals surface area (Å²) in [6.07, 6.45) is 0.0450. The molecule has 0 atom stereocenters. The standard InChI is InChI=1S/C19H20F2N6O4S/c1-5-27(19(28)31-15-8-6-7-12(20)16(15)21)18-17(23-25-26(18)3)14-10-9-13(11(2)22-14)24-32(4,29)30/h6-10,24H,5H2,1-4H3. The summed E-state index contributed by atoms with van der Waals surface area (Å²) in [5.74, 6) is -2.80. The van der Waals surface area contributed by atoms with Gasteiger partial charge in [0.2, 0.25) is 15.8 Å². The lowest BCUT2D eigenvalue weighted by Crippen LogP contribution is -2.35. The number of hydrogen-bond donors (Lipinski definition) is 1. The van der Waals surface area contributed by atoms with E-state index >= 15 is 0 Å². The number of benzene rings is 1. The van der Waals surface area contributed by atoms with Crippen LogP contribution >= 0.6 is 0 Å². The van der Waals surface area contributed by atoms with Crippen LogP contribution in [0.25, 0.3) is 11.4 Å². The summed E-state index contributed by atoms with van der Waals surface area (Å²) in [5.41, 5.74) is 1.18. The van der Waals surface area contributed by atoms with Crippen LogP contribution in [-0.2, 0) is 17.1 Å². The molecule has 0 aliphatic rings. The van der Waals surface area contributed by atoms with Gasteiger partial charge in [0.25, 0.3) is 0 Å². The fourth-order valence-corrected chi connectivity index (χ4v) is 3.51. The maximum Gasteiger partial charge on any atom is 0.421 e. The van der Waals surface area contributed by atoms with Gasteiger partial charge in [-0.1, -0.05) is 11.3 Å². The molecule has 170 valence electrons. The molecule has 0 unspecified atom stereocenters. The number of nitrogens with one attached hydrogen (secondary N) is 1. The number of aromatic nitrogens is 4. The Morgan fingerprint density at radius 2 is 1.97 bits per heavy atom. The van der Waals surface area contributed by atoms with Gasteiger partial charge >= 0.3 is 6.09 Å². The second kappa shape index (κ2) is 8.86. The molecule has 32 heavy (non-hydrogen) atoms. The second-order valence-electron chi connectivity index (χ2n) is 6.75. The van der Waals surface area contributed by atoms with Gasteiger partial charge in [0, 0.05) is 13.6 Å². The number of nitrogens with zero attached hydrogens (tertiary/aromatic N) is 5. The number of hydrogen-bond acceptors (Lipinski definition) is 7. The number of pyridine rings is 1. The molecule has 0 fully saturated rings. The van der Waals surface area contributed by atoms with E-state index in [-0.39, 0.29) is 23.7 Å². The van der Waals surface area contributed by atoms with Crippen LogP contribution in [0.15, 0.2) is 30.3 Å². The molecule has 0 saturated heterocycles. The first-order chi connectivity index (χ1) is 15.0. The summed E-state index contributed by atoms with van der Waals surface area (Å²) in [7, 11) is -1.96. The molecule has 2 heterocycles. The van der Waals surface area contributed by atoms with Crippen LogP contribution in [0.3, 0.4) is 0 Å². The zero-order valence-electron chi connectivity index (χ0n) is 17.6. The monoisotopic (exact) mass is 466 g/mol. The molecule has 0 bridgehead atoms. The number of aryl methyl sites for hydroxylation is 2.